The van der Waals surface area contributed by atoms with Crippen molar-refractivity contribution < 1.29 is 4.74 Å². The summed E-state index contributed by atoms with van der Waals surface area (Å²) in [6, 6.07) is 0.768. The van der Waals surface area contributed by atoms with Gasteiger partial charge in [0.25, 0.3) is 0 Å². The number of hydrogen-bond donors (Lipinski definition) is 1. The summed E-state index contributed by atoms with van der Waals surface area (Å²) in [5.41, 5.74) is 0. The summed E-state index contributed by atoms with van der Waals surface area (Å²) in [6.45, 7) is 10.4. The minimum absolute atomic E-state index is 0.768. The second kappa shape index (κ2) is 6.91. The third-order valence-corrected chi connectivity index (χ3v) is 5.21. The third kappa shape index (κ3) is 3.96. The highest BCUT2D eigenvalue weighted by Crippen LogP contribution is 2.31. The summed E-state index contributed by atoms with van der Waals surface area (Å²) in [6.07, 6.45) is 6.70. The van der Waals surface area contributed by atoms with Crippen LogP contribution in [-0.4, -0.2) is 25.8 Å². The smallest absolute Gasteiger partial charge is 0.0468 e. The second-order valence-electron chi connectivity index (χ2n) is 6.84. The molecule has 0 spiro atoms. The molecule has 0 aromatic rings. The van der Waals surface area contributed by atoms with Crippen molar-refractivity contribution in [3.05, 3.63) is 0 Å². The molecule has 2 saturated heterocycles. The van der Waals surface area contributed by atoms with Crippen LogP contribution in [0.4, 0.5) is 0 Å². The average molecular weight is 253 g/mol. The lowest BCUT2D eigenvalue weighted by Gasteiger charge is -2.36. The minimum Gasteiger partial charge on any atom is -0.381 e. The molecule has 2 nitrogen and oxygen atoms in total. The molecule has 0 bridgehead atoms. The SMILES string of the molecule is CC(C)C1CCNC(CC(C)C2CCOCC2)C1. The fraction of sp³-hybridized carbons (Fsp3) is 1.00. The van der Waals surface area contributed by atoms with Crippen LogP contribution in [-0.2, 0) is 4.74 Å². The van der Waals surface area contributed by atoms with E-state index < -0.39 is 0 Å². The van der Waals surface area contributed by atoms with E-state index in [2.05, 4.69) is 26.1 Å². The quantitative estimate of drug-likeness (QED) is 0.828. The van der Waals surface area contributed by atoms with Crippen LogP contribution in [0.5, 0.6) is 0 Å². The van der Waals surface area contributed by atoms with Crippen LogP contribution in [0.15, 0.2) is 0 Å². The highest BCUT2D eigenvalue weighted by Gasteiger charge is 2.28. The van der Waals surface area contributed by atoms with Crippen molar-refractivity contribution in [1.29, 1.82) is 0 Å². The van der Waals surface area contributed by atoms with Gasteiger partial charge < -0.3 is 10.1 Å². The van der Waals surface area contributed by atoms with Gasteiger partial charge in [0, 0.05) is 19.3 Å². The van der Waals surface area contributed by atoms with Gasteiger partial charge in [-0.05, 0) is 62.3 Å². The molecule has 3 atom stereocenters. The summed E-state index contributed by atoms with van der Waals surface area (Å²) < 4.78 is 5.47. The Morgan fingerprint density at radius 2 is 1.78 bits per heavy atom. The van der Waals surface area contributed by atoms with E-state index >= 15 is 0 Å². The Labute approximate surface area is 113 Å². The number of nitrogens with one attached hydrogen (secondary N) is 1. The van der Waals surface area contributed by atoms with Crippen LogP contribution in [0.25, 0.3) is 0 Å². The van der Waals surface area contributed by atoms with Gasteiger partial charge in [0.05, 0.1) is 0 Å². The van der Waals surface area contributed by atoms with Crippen molar-refractivity contribution in [2.75, 3.05) is 19.8 Å². The zero-order valence-corrected chi connectivity index (χ0v) is 12.5. The number of piperidine rings is 1. The van der Waals surface area contributed by atoms with Crippen LogP contribution >= 0.6 is 0 Å². The van der Waals surface area contributed by atoms with Crippen molar-refractivity contribution in [3.8, 4) is 0 Å². The lowest BCUT2D eigenvalue weighted by atomic mass is 9.78. The summed E-state index contributed by atoms with van der Waals surface area (Å²) >= 11 is 0. The first kappa shape index (κ1) is 14.3. The largest absolute Gasteiger partial charge is 0.381 e. The van der Waals surface area contributed by atoms with E-state index in [1.165, 1.54) is 38.6 Å². The molecular formula is C16H31NO. The van der Waals surface area contributed by atoms with Gasteiger partial charge in [0.1, 0.15) is 0 Å². The van der Waals surface area contributed by atoms with E-state index in [-0.39, 0.29) is 0 Å². The molecule has 1 N–H and O–H groups in total. The van der Waals surface area contributed by atoms with Gasteiger partial charge in [0.15, 0.2) is 0 Å². The van der Waals surface area contributed by atoms with Crippen LogP contribution in [0.3, 0.4) is 0 Å². The van der Waals surface area contributed by atoms with Gasteiger partial charge in [-0.3, -0.25) is 0 Å². The molecule has 0 aliphatic carbocycles. The Kier molecular flexibility index (Phi) is 5.50. The zero-order valence-electron chi connectivity index (χ0n) is 12.5. The number of hydrogen-bond acceptors (Lipinski definition) is 2. The molecule has 0 saturated carbocycles. The first-order chi connectivity index (χ1) is 8.66. The first-order valence-corrected chi connectivity index (χ1v) is 7.98. The molecule has 2 aliphatic rings. The maximum atomic E-state index is 5.47. The van der Waals surface area contributed by atoms with Crippen molar-refractivity contribution in [2.45, 2.75) is 58.9 Å². The van der Waals surface area contributed by atoms with Gasteiger partial charge in [0.2, 0.25) is 0 Å². The van der Waals surface area contributed by atoms with Crippen molar-refractivity contribution in [3.63, 3.8) is 0 Å². The second-order valence-corrected chi connectivity index (χ2v) is 6.84. The molecule has 0 amide bonds. The van der Waals surface area contributed by atoms with Crippen molar-refractivity contribution >= 4 is 0 Å². The summed E-state index contributed by atoms with van der Waals surface area (Å²) in [5, 5.41) is 3.74. The predicted octanol–water partition coefficient (Wildman–Crippen LogP) is 3.46. The van der Waals surface area contributed by atoms with E-state index in [1.54, 1.807) is 0 Å². The first-order valence-electron chi connectivity index (χ1n) is 7.98. The highest BCUT2D eigenvalue weighted by atomic mass is 16.5. The van der Waals surface area contributed by atoms with Crippen molar-refractivity contribution in [1.82, 2.24) is 5.32 Å². The van der Waals surface area contributed by atoms with E-state index in [0.717, 1.165) is 42.9 Å². The van der Waals surface area contributed by atoms with Crippen LogP contribution in [0.2, 0.25) is 0 Å². The Bertz CT molecular complexity index is 235. The lowest BCUT2D eigenvalue weighted by molar-refractivity contribution is 0.0446. The lowest BCUT2D eigenvalue weighted by Crippen LogP contribution is -2.41. The monoisotopic (exact) mass is 253 g/mol. The summed E-state index contributed by atoms with van der Waals surface area (Å²) in [4.78, 5) is 0. The maximum Gasteiger partial charge on any atom is 0.0468 e. The molecule has 2 aliphatic heterocycles. The molecular weight excluding hydrogens is 222 g/mol. The fourth-order valence-corrected chi connectivity index (χ4v) is 3.75. The van der Waals surface area contributed by atoms with E-state index in [1.807, 2.05) is 0 Å². The van der Waals surface area contributed by atoms with Crippen LogP contribution in [0.1, 0.15) is 52.9 Å². The molecule has 2 heterocycles. The highest BCUT2D eigenvalue weighted by molar-refractivity contribution is 4.83. The van der Waals surface area contributed by atoms with Gasteiger partial charge in [-0.25, -0.2) is 0 Å². The zero-order chi connectivity index (χ0) is 13.0. The molecule has 2 fully saturated rings. The van der Waals surface area contributed by atoms with Gasteiger partial charge >= 0.3 is 0 Å². The summed E-state index contributed by atoms with van der Waals surface area (Å²) in [5.74, 6) is 3.56. The predicted molar refractivity (Wildman–Crippen MR) is 76.7 cm³/mol. The average Bonchev–Trinajstić information content (AvgIpc) is 2.40. The normalized spacial score (nSPS) is 32.7. The molecule has 0 aromatic heterocycles. The molecule has 0 radical (unpaired) electrons. The number of ether oxygens (including phenoxy) is 1. The van der Waals surface area contributed by atoms with E-state index in [0.29, 0.717) is 0 Å². The molecule has 3 unspecified atom stereocenters. The topological polar surface area (TPSA) is 21.3 Å². The van der Waals surface area contributed by atoms with Crippen molar-refractivity contribution in [2.24, 2.45) is 23.7 Å². The fourth-order valence-electron chi connectivity index (χ4n) is 3.75. The summed E-state index contributed by atoms with van der Waals surface area (Å²) in [7, 11) is 0. The van der Waals surface area contributed by atoms with Gasteiger partial charge in [-0.1, -0.05) is 20.8 Å². The van der Waals surface area contributed by atoms with E-state index in [9.17, 15) is 0 Å². The Hall–Kier alpha value is -0.0800. The molecule has 18 heavy (non-hydrogen) atoms. The minimum atomic E-state index is 0.768. The van der Waals surface area contributed by atoms with Crippen LogP contribution in [0, 0.1) is 23.7 Å². The van der Waals surface area contributed by atoms with Crippen LogP contribution < -0.4 is 5.32 Å². The Morgan fingerprint density at radius 3 is 2.44 bits per heavy atom. The molecule has 106 valence electrons. The molecule has 0 aromatic carbocycles. The standard InChI is InChI=1S/C16H31NO/c1-12(2)15-4-7-17-16(11-15)10-13(3)14-5-8-18-9-6-14/h12-17H,4-11H2,1-3H3. The third-order valence-electron chi connectivity index (χ3n) is 5.21. The Balaban J connectivity index is 1.77. The number of rotatable bonds is 4. The van der Waals surface area contributed by atoms with Gasteiger partial charge in [-0.15, -0.1) is 0 Å². The Morgan fingerprint density at radius 1 is 1.06 bits per heavy atom. The maximum absolute atomic E-state index is 5.47. The van der Waals surface area contributed by atoms with E-state index in [4.69, 9.17) is 4.74 Å². The molecule has 2 heteroatoms. The van der Waals surface area contributed by atoms with Gasteiger partial charge in [-0.2, -0.15) is 0 Å². The molecule has 2 rings (SSSR count).